The molecule has 27 heavy (non-hydrogen) atoms. The number of hydrogen-bond acceptors (Lipinski definition) is 4. The standard InChI is InChI=1S/C20H20N4O3/c1-13(2)15-4-6-16(7-5-15)20(25)21-19-12-14(3)22-23(19)17-8-10-18(11-9-17)24(26)27/h4-13H,1-3H3,(H,21,25). The van der Waals surface area contributed by atoms with Crippen molar-refractivity contribution in [2.24, 2.45) is 0 Å². The molecule has 1 N–H and O–H groups in total. The summed E-state index contributed by atoms with van der Waals surface area (Å²) < 4.78 is 1.56. The zero-order valence-electron chi connectivity index (χ0n) is 15.3. The molecule has 7 heteroatoms. The number of anilines is 1. The Bertz CT molecular complexity index is 973. The van der Waals surface area contributed by atoms with Crippen LogP contribution in [-0.2, 0) is 0 Å². The second kappa shape index (κ2) is 7.41. The summed E-state index contributed by atoms with van der Waals surface area (Å²) in [6.07, 6.45) is 0. The second-order valence-corrected chi connectivity index (χ2v) is 6.59. The molecular weight excluding hydrogens is 344 g/mol. The summed E-state index contributed by atoms with van der Waals surface area (Å²) in [6.45, 7) is 6.01. The van der Waals surface area contributed by atoms with E-state index in [4.69, 9.17) is 0 Å². The van der Waals surface area contributed by atoms with Crippen LogP contribution >= 0.6 is 0 Å². The third-order valence-electron chi connectivity index (χ3n) is 4.22. The van der Waals surface area contributed by atoms with E-state index in [0.29, 0.717) is 23.0 Å². The van der Waals surface area contributed by atoms with E-state index in [2.05, 4.69) is 24.3 Å². The number of nitro groups is 1. The molecule has 0 spiro atoms. The molecule has 0 aliphatic carbocycles. The molecule has 1 heterocycles. The van der Waals surface area contributed by atoms with Crippen LogP contribution in [0.3, 0.4) is 0 Å². The lowest BCUT2D eigenvalue weighted by Gasteiger charge is -2.10. The fraction of sp³-hybridized carbons (Fsp3) is 0.200. The maximum absolute atomic E-state index is 12.6. The summed E-state index contributed by atoms with van der Waals surface area (Å²) in [5, 5.41) is 18.0. The number of nitro benzene ring substituents is 1. The van der Waals surface area contributed by atoms with Gasteiger partial charge in [-0.25, -0.2) is 4.68 Å². The Kier molecular flexibility index (Phi) is 5.03. The van der Waals surface area contributed by atoms with Gasteiger partial charge in [0.1, 0.15) is 5.82 Å². The third kappa shape index (κ3) is 4.03. The van der Waals surface area contributed by atoms with Crippen molar-refractivity contribution in [3.05, 3.63) is 81.5 Å². The van der Waals surface area contributed by atoms with E-state index in [0.717, 1.165) is 5.69 Å². The van der Waals surface area contributed by atoms with Crippen molar-refractivity contribution in [2.45, 2.75) is 26.7 Å². The van der Waals surface area contributed by atoms with Gasteiger partial charge < -0.3 is 5.32 Å². The number of aryl methyl sites for hydroxylation is 1. The second-order valence-electron chi connectivity index (χ2n) is 6.59. The molecule has 7 nitrogen and oxygen atoms in total. The van der Waals surface area contributed by atoms with Crippen LogP contribution in [0.15, 0.2) is 54.6 Å². The van der Waals surface area contributed by atoms with E-state index in [1.165, 1.54) is 17.7 Å². The zero-order chi connectivity index (χ0) is 19.6. The smallest absolute Gasteiger partial charge is 0.269 e. The summed E-state index contributed by atoms with van der Waals surface area (Å²) in [6, 6.07) is 15.2. The van der Waals surface area contributed by atoms with Crippen molar-refractivity contribution >= 4 is 17.4 Å². The van der Waals surface area contributed by atoms with Gasteiger partial charge in [0.15, 0.2) is 0 Å². The number of nitrogens with zero attached hydrogens (tertiary/aromatic N) is 3. The lowest BCUT2D eigenvalue weighted by Crippen LogP contribution is -2.15. The summed E-state index contributed by atoms with van der Waals surface area (Å²) >= 11 is 0. The van der Waals surface area contributed by atoms with Crippen molar-refractivity contribution in [1.29, 1.82) is 0 Å². The lowest BCUT2D eigenvalue weighted by atomic mass is 10.0. The molecule has 0 bridgehead atoms. The fourth-order valence-corrected chi connectivity index (χ4v) is 2.71. The Balaban J connectivity index is 1.85. The van der Waals surface area contributed by atoms with E-state index in [-0.39, 0.29) is 11.6 Å². The van der Waals surface area contributed by atoms with Crippen molar-refractivity contribution in [1.82, 2.24) is 9.78 Å². The number of benzene rings is 2. The molecule has 3 aromatic rings. The number of rotatable bonds is 5. The van der Waals surface area contributed by atoms with Gasteiger partial charge in [-0.1, -0.05) is 26.0 Å². The van der Waals surface area contributed by atoms with Gasteiger partial charge in [-0.3, -0.25) is 14.9 Å². The minimum absolute atomic E-state index is 0.00143. The minimum atomic E-state index is -0.457. The summed E-state index contributed by atoms with van der Waals surface area (Å²) in [5.74, 6) is 0.654. The lowest BCUT2D eigenvalue weighted by molar-refractivity contribution is -0.384. The predicted octanol–water partition coefficient (Wildman–Crippen LogP) is 4.46. The summed E-state index contributed by atoms with van der Waals surface area (Å²) in [7, 11) is 0. The fourth-order valence-electron chi connectivity index (χ4n) is 2.71. The first-order valence-corrected chi connectivity index (χ1v) is 8.58. The molecule has 0 aliphatic heterocycles. The van der Waals surface area contributed by atoms with Crippen molar-refractivity contribution < 1.29 is 9.72 Å². The molecule has 1 amide bonds. The Morgan fingerprint density at radius 1 is 1.11 bits per heavy atom. The first-order chi connectivity index (χ1) is 12.8. The van der Waals surface area contributed by atoms with Gasteiger partial charge in [0.05, 0.1) is 16.3 Å². The average molecular weight is 364 g/mol. The van der Waals surface area contributed by atoms with Crippen LogP contribution in [0.2, 0.25) is 0 Å². The van der Waals surface area contributed by atoms with Crippen molar-refractivity contribution in [3.63, 3.8) is 0 Å². The topological polar surface area (TPSA) is 90.1 Å². The van der Waals surface area contributed by atoms with Crippen LogP contribution in [-0.4, -0.2) is 20.6 Å². The molecule has 0 fully saturated rings. The van der Waals surface area contributed by atoms with Gasteiger partial charge in [-0.05, 0) is 42.7 Å². The molecule has 138 valence electrons. The number of amides is 1. The quantitative estimate of drug-likeness (QED) is 0.534. The molecule has 2 aromatic carbocycles. The number of non-ortho nitro benzene ring substituents is 1. The largest absolute Gasteiger partial charge is 0.306 e. The maximum Gasteiger partial charge on any atom is 0.269 e. The van der Waals surface area contributed by atoms with E-state index in [1.807, 2.05) is 19.1 Å². The SMILES string of the molecule is Cc1cc(NC(=O)c2ccc(C(C)C)cc2)n(-c2ccc([N+](=O)[O-])cc2)n1. The molecule has 0 atom stereocenters. The molecule has 0 radical (unpaired) electrons. The van der Waals surface area contributed by atoms with E-state index >= 15 is 0 Å². The Morgan fingerprint density at radius 3 is 2.30 bits per heavy atom. The van der Waals surface area contributed by atoms with Gasteiger partial charge in [0.25, 0.3) is 11.6 Å². The Morgan fingerprint density at radius 2 is 1.74 bits per heavy atom. The highest BCUT2D eigenvalue weighted by Crippen LogP contribution is 2.21. The predicted molar refractivity (Wildman–Crippen MR) is 103 cm³/mol. The minimum Gasteiger partial charge on any atom is -0.306 e. The molecule has 0 saturated carbocycles. The number of aromatic nitrogens is 2. The van der Waals surface area contributed by atoms with Crippen molar-refractivity contribution in [2.75, 3.05) is 5.32 Å². The van der Waals surface area contributed by atoms with Gasteiger partial charge in [-0.15, -0.1) is 0 Å². The molecule has 0 aliphatic rings. The van der Waals surface area contributed by atoms with Crippen LogP contribution in [0.25, 0.3) is 5.69 Å². The van der Waals surface area contributed by atoms with Gasteiger partial charge in [0, 0.05) is 23.8 Å². The van der Waals surface area contributed by atoms with E-state index in [9.17, 15) is 14.9 Å². The van der Waals surface area contributed by atoms with Crippen molar-refractivity contribution in [3.8, 4) is 5.69 Å². The highest BCUT2D eigenvalue weighted by atomic mass is 16.6. The summed E-state index contributed by atoms with van der Waals surface area (Å²) in [4.78, 5) is 22.9. The first-order valence-electron chi connectivity index (χ1n) is 8.58. The van der Waals surface area contributed by atoms with Gasteiger partial charge >= 0.3 is 0 Å². The number of nitrogens with one attached hydrogen (secondary N) is 1. The normalized spacial score (nSPS) is 10.8. The highest BCUT2D eigenvalue weighted by molar-refractivity contribution is 6.04. The first kappa shape index (κ1) is 18.3. The third-order valence-corrected chi connectivity index (χ3v) is 4.22. The molecule has 0 unspecified atom stereocenters. The summed E-state index contributed by atoms with van der Waals surface area (Å²) in [5.41, 5.74) is 3.06. The average Bonchev–Trinajstić information content (AvgIpc) is 3.02. The van der Waals surface area contributed by atoms with E-state index < -0.39 is 4.92 Å². The van der Waals surface area contributed by atoms with E-state index in [1.54, 1.807) is 35.0 Å². The van der Waals surface area contributed by atoms with Crippen LogP contribution < -0.4 is 5.32 Å². The molecule has 0 saturated heterocycles. The molecule has 1 aromatic heterocycles. The Hall–Kier alpha value is -3.48. The van der Waals surface area contributed by atoms with Gasteiger partial charge in [0.2, 0.25) is 0 Å². The van der Waals surface area contributed by atoms with Crippen LogP contribution in [0.5, 0.6) is 0 Å². The Labute approximate surface area is 156 Å². The maximum atomic E-state index is 12.6. The number of carbonyl (C=O) groups is 1. The van der Waals surface area contributed by atoms with Crippen LogP contribution in [0.1, 0.15) is 41.4 Å². The molecular formula is C20H20N4O3. The monoisotopic (exact) mass is 364 g/mol. The highest BCUT2D eigenvalue weighted by Gasteiger charge is 2.14. The zero-order valence-corrected chi connectivity index (χ0v) is 15.3. The van der Waals surface area contributed by atoms with Crippen LogP contribution in [0.4, 0.5) is 11.5 Å². The van der Waals surface area contributed by atoms with Crippen LogP contribution in [0, 0.1) is 17.0 Å². The van der Waals surface area contributed by atoms with Gasteiger partial charge in [-0.2, -0.15) is 5.10 Å². The molecule has 3 rings (SSSR count). The number of carbonyl (C=O) groups excluding carboxylic acids is 1. The number of hydrogen-bond donors (Lipinski definition) is 1.